The number of hydrogen-bond donors (Lipinski definition) is 0. The highest BCUT2D eigenvalue weighted by atomic mass is 16.2. The lowest BCUT2D eigenvalue weighted by Gasteiger charge is -2.43. The predicted molar refractivity (Wildman–Crippen MR) is 80.5 cm³/mol. The van der Waals surface area contributed by atoms with Crippen molar-refractivity contribution in [1.82, 2.24) is 9.80 Å². The maximum absolute atomic E-state index is 13.0. The van der Waals surface area contributed by atoms with Gasteiger partial charge in [-0.25, -0.2) is 0 Å². The van der Waals surface area contributed by atoms with Crippen LogP contribution in [0.2, 0.25) is 0 Å². The van der Waals surface area contributed by atoms with Gasteiger partial charge in [-0.05, 0) is 45.0 Å². The number of carbonyl (C=O) groups is 1. The Balaban J connectivity index is 2.13. The smallest absolute Gasteiger partial charge is 0.256 e. The Morgan fingerprint density at radius 1 is 1.25 bits per heavy atom. The van der Waals surface area contributed by atoms with E-state index in [1.807, 2.05) is 12.1 Å². The number of amides is 1. The predicted octanol–water partition coefficient (Wildman–Crippen LogP) is 3.21. The molecule has 2 aliphatic rings. The number of carbonyl (C=O) groups excluding carboxylic acids is 1. The van der Waals surface area contributed by atoms with Crippen LogP contribution in [0, 0.1) is 0 Å². The van der Waals surface area contributed by atoms with Gasteiger partial charge in [0.1, 0.15) is 0 Å². The summed E-state index contributed by atoms with van der Waals surface area (Å²) in [6.45, 7) is 2.17. The van der Waals surface area contributed by atoms with Crippen molar-refractivity contribution in [3.8, 4) is 0 Å². The summed E-state index contributed by atoms with van der Waals surface area (Å²) in [4.78, 5) is 17.3. The molecule has 1 spiro atoms. The van der Waals surface area contributed by atoms with Crippen LogP contribution < -0.4 is 0 Å². The summed E-state index contributed by atoms with van der Waals surface area (Å²) in [5.41, 5.74) is 2.15. The first kappa shape index (κ1) is 13.6. The Bertz CT molecular complexity index is 517. The molecule has 1 amide bonds. The first-order valence-corrected chi connectivity index (χ1v) is 7.71. The summed E-state index contributed by atoms with van der Waals surface area (Å²) < 4.78 is 0. The average molecular weight is 272 g/mol. The van der Waals surface area contributed by atoms with Crippen molar-refractivity contribution in [2.24, 2.45) is 0 Å². The molecule has 3 heteroatoms. The standard InChI is InChI=1S/C17H24N2O/c1-4-15(18(2)3)19-16(20)13-9-5-6-10-14(13)17(19)11-7-8-12-17/h5-6,9-10,15H,4,7-8,11-12H2,1-3H3. The van der Waals surface area contributed by atoms with Gasteiger partial charge in [-0.3, -0.25) is 9.69 Å². The summed E-state index contributed by atoms with van der Waals surface area (Å²) >= 11 is 0. The topological polar surface area (TPSA) is 23.6 Å². The molecule has 1 aliphatic heterocycles. The first-order valence-electron chi connectivity index (χ1n) is 7.71. The van der Waals surface area contributed by atoms with Crippen LogP contribution in [0.25, 0.3) is 0 Å². The zero-order chi connectivity index (χ0) is 14.3. The van der Waals surface area contributed by atoms with Crippen LogP contribution in [0.1, 0.15) is 54.9 Å². The molecule has 0 radical (unpaired) electrons. The third-order valence-electron chi connectivity index (χ3n) is 5.03. The van der Waals surface area contributed by atoms with Crippen LogP contribution >= 0.6 is 0 Å². The molecule has 1 aromatic rings. The van der Waals surface area contributed by atoms with Crippen LogP contribution in [0.5, 0.6) is 0 Å². The van der Waals surface area contributed by atoms with E-state index < -0.39 is 0 Å². The minimum Gasteiger partial charge on any atom is -0.313 e. The number of hydrogen-bond acceptors (Lipinski definition) is 2. The van der Waals surface area contributed by atoms with Crippen LogP contribution in [0.3, 0.4) is 0 Å². The SMILES string of the molecule is CCC(N(C)C)N1C(=O)c2ccccc2C12CCCC2. The Morgan fingerprint density at radius 3 is 2.50 bits per heavy atom. The molecule has 1 saturated carbocycles. The van der Waals surface area contributed by atoms with E-state index >= 15 is 0 Å². The molecule has 1 heterocycles. The summed E-state index contributed by atoms with van der Waals surface area (Å²) in [5.74, 6) is 0.225. The van der Waals surface area contributed by atoms with E-state index in [1.54, 1.807) is 0 Å². The minimum absolute atomic E-state index is 0.0430. The van der Waals surface area contributed by atoms with Crippen molar-refractivity contribution in [2.45, 2.75) is 50.7 Å². The van der Waals surface area contributed by atoms with E-state index in [2.05, 4.69) is 43.0 Å². The van der Waals surface area contributed by atoms with E-state index in [1.165, 1.54) is 18.4 Å². The Kier molecular flexibility index (Phi) is 3.33. The number of fused-ring (bicyclic) bond motifs is 2. The summed E-state index contributed by atoms with van der Waals surface area (Å²) in [5, 5.41) is 0. The van der Waals surface area contributed by atoms with Gasteiger partial charge < -0.3 is 4.90 Å². The van der Waals surface area contributed by atoms with Crippen molar-refractivity contribution in [3.05, 3.63) is 35.4 Å². The molecule has 0 bridgehead atoms. The molecule has 0 saturated heterocycles. The molecule has 1 fully saturated rings. The lowest BCUT2D eigenvalue weighted by atomic mass is 9.87. The Hall–Kier alpha value is -1.35. The fourth-order valence-corrected chi connectivity index (χ4v) is 4.20. The van der Waals surface area contributed by atoms with Crippen molar-refractivity contribution in [3.63, 3.8) is 0 Å². The van der Waals surface area contributed by atoms with Crippen molar-refractivity contribution < 1.29 is 4.79 Å². The van der Waals surface area contributed by atoms with Gasteiger partial charge in [-0.2, -0.15) is 0 Å². The van der Waals surface area contributed by atoms with Crippen molar-refractivity contribution in [1.29, 1.82) is 0 Å². The quantitative estimate of drug-likeness (QED) is 0.843. The molecule has 1 unspecified atom stereocenters. The zero-order valence-electron chi connectivity index (χ0n) is 12.7. The zero-order valence-corrected chi connectivity index (χ0v) is 12.7. The number of nitrogens with zero attached hydrogens (tertiary/aromatic N) is 2. The molecule has 0 N–H and O–H groups in total. The van der Waals surface area contributed by atoms with Gasteiger partial charge in [0.05, 0.1) is 11.7 Å². The van der Waals surface area contributed by atoms with Gasteiger partial charge >= 0.3 is 0 Å². The normalized spacial score (nSPS) is 21.8. The summed E-state index contributed by atoms with van der Waals surface area (Å²) in [7, 11) is 4.15. The maximum atomic E-state index is 13.0. The highest BCUT2D eigenvalue weighted by molar-refractivity contribution is 6.00. The van der Waals surface area contributed by atoms with Gasteiger partial charge in [-0.15, -0.1) is 0 Å². The van der Waals surface area contributed by atoms with Gasteiger partial charge in [0, 0.05) is 5.56 Å². The highest BCUT2D eigenvalue weighted by Gasteiger charge is 2.53. The number of rotatable bonds is 3. The van der Waals surface area contributed by atoms with Gasteiger partial charge in [0.25, 0.3) is 5.91 Å². The van der Waals surface area contributed by atoms with Crippen LogP contribution in [0.4, 0.5) is 0 Å². The first-order chi connectivity index (χ1) is 9.62. The van der Waals surface area contributed by atoms with Gasteiger partial charge in [-0.1, -0.05) is 38.0 Å². The molecule has 1 aliphatic carbocycles. The summed E-state index contributed by atoms with van der Waals surface area (Å²) in [6.07, 6.45) is 5.83. The van der Waals surface area contributed by atoms with Crippen molar-refractivity contribution >= 4 is 5.91 Å². The molecule has 108 valence electrons. The van der Waals surface area contributed by atoms with Crippen LogP contribution in [0.15, 0.2) is 24.3 Å². The largest absolute Gasteiger partial charge is 0.313 e. The second kappa shape index (κ2) is 4.88. The second-order valence-electron chi connectivity index (χ2n) is 6.31. The molecule has 1 aromatic carbocycles. The van der Waals surface area contributed by atoms with E-state index in [4.69, 9.17) is 0 Å². The number of benzene rings is 1. The van der Waals surface area contributed by atoms with Crippen LogP contribution in [-0.4, -0.2) is 36.0 Å². The molecular formula is C17H24N2O. The average Bonchev–Trinajstić information content (AvgIpc) is 3.01. The second-order valence-corrected chi connectivity index (χ2v) is 6.31. The minimum atomic E-state index is -0.0430. The lowest BCUT2D eigenvalue weighted by molar-refractivity contribution is 0.000428. The van der Waals surface area contributed by atoms with Gasteiger partial charge in [0.2, 0.25) is 0 Å². The molecule has 20 heavy (non-hydrogen) atoms. The van der Waals surface area contributed by atoms with Crippen molar-refractivity contribution in [2.75, 3.05) is 14.1 Å². The Labute approximate surface area is 121 Å². The van der Waals surface area contributed by atoms with E-state index in [0.717, 1.165) is 24.8 Å². The summed E-state index contributed by atoms with van der Waals surface area (Å²) in [6, 6.07) is 8.23. The van der Waals surface area contributed by atoms with Crippen LogP contribution in [-0.2, 0) is 5.54 Å². The Morgan fingerprint density at radius 2 is 1.90 bits per heavy atom. The molecule has 0 aromatic heterocycles. The monoisotopic (exact) mass is 272 g/mol. The maximum Gasteiger partial charge on any atom is 0.256 e. The third-order valence-corrected chi connectivity index (χ3v) is 5.03. The van der Waals surface area contributed by atoms with E-state index in [0.29, 0.717) is 0 Å². The van der Waals surface area contributed by atoms with Gasteiger partial charge in [0.15, 0.2) is 0 Å². The fourth-order valence-electron chi connectivity index (χ4n) is 4.20. The molecule has 1 atom stereocenters. The van der Waals surface area contributed by atoms with E-state index in [9.17, 15) is 4.79 Å². The van der Waals surface area contributed by atoms with E-state index in [-0.39, 0.29) is 17.6 Å². The molecular weight excluding hydrogens is 248 g/mol. The molecule has 3 rings (SSSR count). The highest BCUT2D eigenvalue weighted by Crippen LogP contribution is 2.51. The molecule has 3 nitrogen and oxygen atoms in total. The fraction of sp³-hybridized carbons (Fsp3) is 0.588. The third kappa shape index (κ3) is 1.72. The lowest BCUT2D eigenvalue weighted by Crippen LogP contribution is -2.53.